The van der Waals surface area contributed by atoms with Crippen molar-refractivity contribution >= 4 is 52.0 Å². The van der Waals surface area contributed by atoms with Crippen LogP contribution >= 0.6 is 22.6 Å². The molecule has 8 nitrogen and oxygen atoms in total. The molecule has 0 saturated heterocycles. The van der Waals surface area contributed by atoms with Crippen molar-refractivity contribution in [2.24, 2.45) is 5.16 Å². The summed E-state index contributed by atoms with van der Waals surface area (Å²) in [5, 5.41) is 8.75. The van der Waals surface area contributed by atoms with E-state index in [2.05, 4.69) is 38.4 Å². The highest BCUT2D eigenvalue weighted by atomic mass is 127. The molecule has 0 spiro atoms. The maximum atomic E-state index is 11.8. The van der Waals surface area contributed by atoms with Crippen LogP contribution in [0.25, 0.3) is 0 Å². The summed E-state index contributed by atoms with van der Waals surface area (Å²) >= 11 is 2.15. The second kappa shape index (κ2) is 8.52. The number of amides is 2. The minimum Gasteiger partial charge on any atom is -0.454 e. The molecular weight excluding hydrogens is 453 g/mol. The first-order valence-electron chi connectivity index (χ1n) is 7.51. The molecule has 134 valence electrons. The molecule has 2 N–H and O–H groups in total. The topological polar surface area (TPSA) is 98.2 Å². The van der Waals surface area contributed by atoms with Crippen molar-refractivity contribution in [3.05, 3.63) is 46.0 Å². The largest absolute Gasteiger partial charge is 0.454 e. The summed E-state index contributed by atoms with van der Waals surface area (Å²) in [6, 6.07) is 12.3. The molecule has 0 fully saturated rings. The van der Waals surface area contributed by atoms with Gasteiger partial charge in [-0.05, 0) is 52.9 Å². The minimum absolute atomic E-state index is 0.159. The van der Waals surface area contributed by atoms with Gasteiger partial charge in [0.1, 0.15) is 6.21 Å². The molecule has 0 radical (unpaired) electrons. The maximum absolute atomic E-state index is 11.8. The Bertz CT molecular complexity index is 856. The number of fused-ring (bicyclic) bond motifs is 1. The summed E-state index contributed by atoms with van der Waals surface area (Å²) < 4.78 is 11.4. The minimum atomic E-state index is -0.498. The Morgan fingerprint density at radius 3 is 2.77 bits per heavy atom. The zero-order valence-corrected chi connectivity index (χ0v) is 15.6. The first kappa shape index (κ1) is 18.0. The number of rotatable bonds is 6. The number of carbonyl (C=O) groups is 2. The average Bonchev–Trinajstić information content (AvgIpc) is 3.06. The fourth-order valence-corrected chi connectivity index (χ4v) is 2.64. The number of anilines is 2. The molecule has 1 aliphatic heterocycles. The van der Waals surface area contributed by atoms with Gasteiger partial charge in [0.15, 0.2) is 18.1 Å². The van der Waals surface area contributed by atoms with Crippen LogP contribution in [0.1, 0.15) is 0 Å². The number of hydrogen-bond donors (Lipinski definition) is 2. The molecule has 0 unspecified atom stereocenters. The third kappa shape index (κ3) is 5.09. The number of benzene rings is 2. The van der Waals surface area contributed by atoms with Crippen LogP contribution in [0.15, 0.2) is 47.6 Å². The fourth-order valence-electron chi connectivity index (χ4n) is 2.09. The van der Waals surface area contributed by atoms with Gasteiger partial charge in [-0.25, -0.2) is 0 Å². The zero-order valence-electron chi connectivity index (χ0n) is 13.4. The van der Waals surface area contributed by atoms with Crippen molar-refractivity contribution in [3.63, 3.8) is 0 Å². The number of oxime groups is 1. The molecule has 1 heterocycles. The second-order valence-electron chi connectivity index (χ2n) is 5.12. The van der Waals surface area contributed by atoms with Crippen LogP contribution in [0.4, 0.5) is 11.4 Å². The summed E-state index contributed by atoms with van der Waals surface area (Å²) in [7, 11) is 0. The molecule has 2 aromatic carbocycles. The summed E-state index contributed by atoms with van der Waals surface area (Å²) in [6.07, 6.45) is 0.948. The van der Waals surface area contributed by atoms with Crippen LogP contribution in [0.5, 0.6) is 11.5 Å². The summed E-state index contributed by atoms with van der Waals surface area (Å²) in [6.45, 7) is -0.147. The van der Waals surface area contributed by atoms with E-state index in [1.54, 1.807) is 24.3 Å². The van der Waals surface area contributed by atoms with E-state index in [0.717, 1.165) is 9.78 Å². The highest BCUT2D eigenvalue weighted by molar-refractivity contribution is 14.1. The van der Waals surface area contributed by atoms with Gasteiger partial charge >= 0.3 is 0 Å². The average molecular weight is 467 g/mol. The monoisotopic (exact) mass is 467 g/mol. The molecule has 2 amide bonds. The Morgan fingerprint density at radius 1 is 1.12 bits per heavy atom. The van der Waals surface area contributed by atoms with Crippen molar-refractivity contribution in [2.75, 3.05) is 24.0 Å². The smallest absolute Gasteiger partial charge is 0.270 e. The number of ether oxygens (including phenoxy) is 2. The molecule has 0 saturated carbocycles. The normalized spacial score (nSPS) is 12.0. The predicted octanol–water partition coefficient (Wildman–Crippen LogP) is 2.60. The third-order valence-electron chi connectivity index (χ3n) is 3.19. The first-order valence-corrected chi connectivity index (χ1v) is 8.59. The van der Waals surface area contributed by atoms with E-state index >= 15 is 0 Å². The van der Waals surface area contributed by atoms with E-state index in [1.807, 2.05) is 18.2 Å². The van der Waals surface area contributed by atoms with Gasteiger partial charge < -0.3 is 24.9 Å². The van der Waals surface area contributed by atoms with Gasteiger partial charge in [0.25, 0.3) is 11.8 Å². The number of nitrogens with one attached hydrogen (secondary N) is 2. The molecule has 0 atom stereocenters. The van der Waals surface area contributed by atoms with E-state index in [0.29, 0.717) is 22.9 Å². The number of nitrogens with zero attached hydrogens (tertiary/aromatic N) is 1. The van der Waals surface area contributed by atoms with Crippen molar-refractivity contribution in [3.8, 4) is 11.5 Å². The van der Waals surface area contributed by atoms with Gasteiger partial charge in [-0.1, -0.05) is 11.2 Å². The number of hydrogen-bond acceptors (Lipinski definition) is 6. The lowest BCUT2D eigenvalue weighted by atomic mass is 10.3. The van der Waals surface area contributed by atoms with Crippen molar-refractivity contribution in [1.29, 1.82) is 0 Å². The lowest BCUT2D eigenvalue weighted by molar-refractivity contribution is -0.120. The molecule has 9 heteroatoms. The van der Waals surface area contributed by atoms with E-state index in [9.17, 15) is 9.59 Å². The van der Waals surface area contributed by atoms with Crippen LogP contribution in [0, 0.1) is 3.57 Å². The van der Waals surface area contributed by atoms with Gasteiger partial charge in [0.2, 0.25) is 6.79 Å². The van der Waals surface area contributed by atoms with Crippen molar-refractivity contribution in [2.45, 2.75) is 0 Å². The van der Waals surface area contributed by atoms with E-state index in [-0.39, 0.29) is 19.3 Å². The lowest BCUT2D eigenvalue weighted by Gasteiger charge is -2.05. The van der Waals surface area contributed by atoms with E-state index in [4.69, 9.17) is 14.3 Å². The molecule has 0 aromatic heterocycles. The van der Waals surface area contributed by atoms with Gasteiger partial charge in [0.05, 0.1) is 0 Å². The highest BCUT2D eigenvalue weighted by Gasteiger charge is 2.13. The summed E-state index contributed by atoms with van der Waals surface area (Å²) in [5.74, 6) is 0.310. The van der Waals surface area contributed by atoms with Gasteiger partial charge in [0, 0.05) is 21.0 Å². The third-order valence-corrected chi connectivity index (χ3v) is 3.86. The first-order chi connectivity index (χ1) is 12.6. The second-order valence-corrected chi connectivity index (χ2v) is 6.37. The number of carbonyl (C=O) groups excluding carboxylic acids is 2. The Kier molecular flexibility index (Phi) is 5.89. The molecule has 0 bridgehead atoms. The summed E-state index contributed by atoms with van der Waals surface area (Å²) in [5.41, 5.74) is 1.19. The van der Waals surface area contributed by atoms with E-state index < -0.39 is 5.91 Å². The van der Waals surface area contributed by atoms with Crippen LogP contribution < -0.4 is 20.1 Å². The fraction of sp³-hybridized carbons (Fsp3) is 0.118. The molecule has 26 heavy (non-hydrogen) atoms. The highest BCUT2D eigenvalue weighted by Crippen LogP contribution is 2.34. The lowest BCUT2D eigenvalue weighted by Crippen LogP contribution is -2.18. The molecular formula is C17H14IN3O5. The van der Waals surface area contributed by atoms with Crippen LogP contribution in [-0.2, 0) is 14.4 Å². The standard InChI is InChI=1S/C17H14IN3O5/c18-11-2-1-3-12(6-11)21-17(23)9-26-19-8-16(22)20-13-4-5-14-15(7-13)25-10-24-14/h1-8H,9-10H2,(H,20,22)(H,21,23)/b19-8+. The Balaban J connectivity index is 1.42. The van der Waals surface area contributed by atoms with Crippen LogP contribution in [0.2, 0.25) is 0 Å². The van der Waals surface area contributed by atoms with Crippen molar-refractivity contribution in [1.82, 2.24) is 0 Å². The SMILES string of the molecule is O=C(/C=N/OCC(=O)Nc1cccc(I)c1)Nc1ccc2c(c1)OCO2. The van der Waals surface area contributed by atoms with Gasteiger partial charge in [-0.3, -0.25) is 9.59 Å². The molecule has 2 aromatic rings. The Morgan fingerprint density at radius 2 is 1.92 bits per heavy atom. The zero-order chi connectivity index (χ0) is 18.4. The quantitative estimate of drug-likeness (QED) is 0.387. The number of halogens is 1. The van der Waals surface area contributed by atoms with Gasteiger partial charge in [-0.15, -0.1) is 0 Å². The molecule has 1 aliphatic rings. The maximum Gasteiger partial charge on any atom is 0.270 e. The molecule has 0 aliphatic carbocycles. The van der Waals surface area contributed by atoms with Crippen LogP contribution in [-0.4, -0.2) is 31.4 Å². The molecule has 3 rings (SSSR count). The Hall–Kier alpha value is -2.82. The van der Waals surface area contributed by atoms with Crippen LogP contribution in [0.3, 0.4) is 0 Å². The van der Waals surface area contributed by atoms with Crippen molar-refractivity contribution < 1.29 is 23.9 Å². The Labute approximate surface area is 162 Å². The van der Waals surface area contributed by atoms with E-state index in [1.165, 1.54) is 0 Å². The predicted molar refractivity (Wildman–Crippen MR) is 103 cm³/mol. The summed E-state index contributed by atoms with van der Waals surface area (Å²) in [4.78, 5) is 28.3. The van der Waals surface area contributed by atoms with Gasteiger partial charge in [-0.2, -0.15) is 0 Å².